The minimum Gasteiger partial charge on any atom is -0.372 e. The Morgan fingerprint density at radius 2 is 0.833 bits per heavy atom. The van der Waals surface area contributed by atoms with Gasteiger partial charge in [0.05, 0.1) is 0 Å². The number of nitrogens with zero attached hydrogens (tertiary/aromatic N) is 2. The highest BCUT2D eigenvalue weighted by molar-refractivity contribution is 8.76. The van der Waals surface area contributed by atoms with E-state index in [0.717, 1.165) is 26.2 Å². The van der Waals surface area contributed by atoms with Crippen molar-refractivity contribution >= 4 is 33.0 Å². The van der Waals surface area contributed by atoms with E-state index in [2.05, 4.69) is 86.0 Å². The van der Waals surface area contributed by atoms with E-state index in [0.29, 0.717) is 0 Å². The van der Waals surface area contributed by atoms with E-state index in [-0.39, 0.29) is 0 Å². The number of anilines is 2. The lowest BCUT2D eigenvalue weighted by molar-refractivity contribution is 0.865. The molecule has 130 valence electrons. The molecule has 0 aliphatic heterocycles. The van der Waals surface area contributed by atoms with Crippen LogP contribution in [0.25, 0.3) is 0 Å². The summed E-state index contributed by atoms with van der Waals surface area (Å²) in [6.07, 6.45) is 0. The van der Waals surface area contributed by atoms with Gasteiger partial charge in [-0.15, -0.1) is 0 Å². The third-order valence-corrected chi connectivity index (χ3v) is 6.58. The van der Waals surface area contributed by atoms with Crippen LogP contribution in [0.4, 0.5) is 11.4 Å². The summed E-state index contributed by atoms with van der Waals surface area (Å²) in [7, 11) is 3.64. The molecule has 0 saturated heterocycles. The van der Waals surface area contributed by atoms with Crippen LogP contribution >= 0.6 is 21.6 Å². The van der Waals surface area contributed by atoms with Gasteiger partial charge in [0.1, 0.15) is 0 Å². The third kappa shape index (κ3) is 5.12. The van der Waals surface area contributed by atoms with Crippen LogP contribution in [0.5, 0.6) is 0 Å². The molecule has 0 spiro atoms. The Morgan fingerprint density at radius 1 is 0.542 bits per heavy atom. The SMILES string of the molecule is CCN(CC)c1ccc(SSc2ccc(N(CC)CC)cc2)cc1. The molecule has 0 aliphatic rings. The second-order valence-electron chi connectivity index (χ2n) is 5.50. The van der Waals surface area contributed by atoms with Crippen molar-refractivity contribution in [2.24, 2.45) is 0 Å². The number of benzene rings is 2. The molecule has 24 heavy (non-hydrogen) atoms. The molecule has 2 aromatic carbocycles. The van der Waals surface area contributed by atoms with Gasteiger partial charge in [-0.05, 0) is 76.2 Å². The molecule has 2 nitrogen and oxygen atoms in total. The predicted molar refractivity (Wildman–Crippen MR) is 112 cm³/mol. The van der Waals surface area contributed by atoms with Gasteiger partial charge in [0.15, 0.2) is 0 Å². The molecule has 0 radical (unpaired) electrons. The minimum absolute atomic E-state index is 1.05. The Bertz CT molecular complexity index is 533. The highest BCUT2D eigenvalue weighted by Gasteiger charge is 2.04. The first-order valence-electron chi connectivity index (χ1n) is 8.76. The van der Waals surface area contributed by atoms with Crippen molar-refractivity contribution in [1.29, 1.82) is 0 Å². The lowest BCUT2D eigenvalue weighted by Crippen LogP contribution is -2.21. The summed E-state index contributed by atoms with van der Waals surface area (Å²) in [6, 6.07) is 17.8. The van der Waals surface area contributed by atoms with E-state index < -0.39 is 0 Å². The molecule has 4 heteroatoms. The van der Waals surface area contributed by atoms with Crippen molar-refractivity contribution < 1.29 is 0 Å². The van der Waals surface area contributed by atoms with E-state index in [1.54, 1.807) is 0 Å². The summed E-state index contributed by atoms with van der Waals surface area (Å²) in [5.74, 6) is 0. The zero-order valence-corrected chi connectivity index (χ0v) is 16.8. The molecule has 0 aliphatic carbocycles. The second-order valence-corrected chi connectivity index (χ2v) is 7.78. The molecule has 0 bridgehead atoms. The van der Waals surface area contributed by atoms with Crippen LogP contribution in [0, 0.1) is 0 Å². The standard InChI is InChI=1S/C20H28N2S2/c1-5-21(6-2)17-9-13-19(14-10-17)23-24-20-15-11-18(12-16-20)22(7-3)8-4/h9-16H,5-8H2,1-4H3. The van der Waals surface area contributed by atoms with Crippen LogP contribution in [0.15, 0.2) is 58.3 Å². The lowest BCUT2D eigenvalue weighted by Gasteiger charge is -2.21. The highest BCUT2D eigenvalue weighted by Crippen LogP contribution is 2.38. The molecule has 0 N–H and O–H groups in total. The van der Waals surface area contributed by atoms with E-state index in [1.807, 2.05) is 21.6 Å². The van der Waals surface area contributed by atoms with Gasteiger partial charge in [-0.3, -0.25) is 0 Å². The Hall–Kier alpha value is -1.26. The average molecular weight is 361 g/mol. The molecule has 0 amide bonds. The molecular formula is C20H28N2S2. The lowest BCUT2D eigenvalue weighted by atomic mass is 10.3. The fourth-order valence-corrected chi connectivity index (χ4v) is 4.63. The van der Waals surface area contributed by atoms with E-state index in [1.165, 1.54) is 21.2 Å². The summed E-state index contributed by atoms with van der Waals surface area (Å²) in [5.41, 5.74) is 2.61. The molecule has 0 atom stereocenters. The van der Waals surface area contributed by atoms with E-state index in [4.69, 9.17) is 0 Å². The summed E-state index contributed by atoms with van der Waals surface area (Å²) in [5, 5.41) is 0. The second kappa shape index (κ2) is 9.90. The smallest absolute Gasteiger partial charge is 0.0366 e. The Balaban J connectivity index is 1.93. The normalized spacial score (nSPS) is 10.7. The largest absolute Gasteiger partial charge is 0.372 e. The van der Waals surface area contributed by atoms with Crippen LogP contribution in [0.3, 0.4) is 0 Å². The maximum Gasteiger partial charge on any atom is 0.0366 e. The fourth-order valence-electron chi connectivity index (χ4n) is 2.70. The molecule has 0 unspecified atom stereocenters. The fraction of sp³-hybridized carbons (Fsp3) is 0.400. The predicted octanol–water partition coefficient (Wildman–Crippen LogP) is 6.18. The van der Waals surface area contributed by atoms with E-state index in [9.17, 15) is 0 Å². The molecular weight excluding hydrogens is 332 g/mol. The molecule has 0 heterocycles. The van der Waals surface area contributed by atoms with Crippen LogP contribution in [-0.2, 0) is 0 Å². The maximum atomic E-state index is 2.37. The van der Waals surface area contributed by atoms with Gasteiger partial charge in [-0.25, -0.2) is 0 Å². The van der Waals surface area contributed by atoms with Gasteiger partial charge in [0.2, 0.25) is 0 Å². The maximum absolute atomic E-state index is 2.37. The quantitative estimate of drug-likeness (QED) is 0.492. The zero-order valence-electron chi connectivity index (χ0n) is 15.2. The van der Waals surface area contributed by atoms with Crippen LogP contribution in [-0.4, -0.2) is 26.2 Å². The first-order chi connectivity index (χ1) is 11.7. The zero-order chi connectivity index (χ0) is 17.4. The number of rotatable bonds is 9. The molecule has 2 aromatic rings. The van der Waals surface area contributed by atoms with Crippen molar-refractivity contribution in [3.8, 4) is 0 Å². The molecule has 2 rings (SSSR count). The molecule has 0 saturated carbocycles. The van der Waals surface area contributed by atoms with Gasteiger partial charge >= 0.3 is 0 Å². The number of hydrogen-bond acceptors (Lipinski definition) is 4. The summed E-state index contributed by atoms with van der Waals surface area (Å²) >= 11 is 0. The van der Waals surface area contributed by atoms with Gasteiger partial charge in [0, 0.05) is 47.3 Å². The van der Waals surface area contributed by atoms with Crippen LogP contribution in [0.2, 0.25) is 0 Å². The van der Waals surface area contributed by atoms with Crippen molar-refractivity contribution in [2.45, 2.75) is 37.5 Å². The monoisotopic (exact) mass is 360 g/mol. The number of hydrogen-bond donors (Lipinski definition) is 0. The van der Waals surface area contributed by atoms with Crippen LogP contribution < -0.4 is 9.80 Å². The third-order valence-electron chi connectivity index (χ3n) is 4.16. The first-order valence-corrected chi connectivity index (χ1v) is 10.9. The van der Waals surface area contributed by atoms with Gasteiger partial charge in [-0.2, -0.15) is 0 Å². The summed E-state index contributed by atoms with van der Waals surface area (Å²) in [6.45, 7) is 13.0. The van der Waals surface area contributed by atoms with Gasteiger partial charge in [-0.1, -0.05) is 21.6 Å². The first kappa shape index (κ1) is 19.1. The summed E-state index contributed by atoms with van der Waals surface area (Å²) < 4.78 is 0. The topological polar surface area (TPSA) is 6.48 Å². The molecule has 0 aromatic heterocycles. The highest BCUT2D eigenvalue weighted by atomic mass is 33.1. The Kier molecular flexibility index (Phi) is 7.86. The van der Waals surface area contributed by atoms with Crippen molar-refractivity contribution in [3.63, 3.8) is 0 Å². The summed E-state index contributed by atoms with van der Waals surface area (Å²) in [4.78, 5) is 7.33. The Morgan fingerprint density at radius 3 is 1.08 bits per heavy atom. The van der Waals surface area contributed by atoms with Crippen molar-refractivity contribution in [3.05, 3.63) is 48.5 Å². The van der Waals surface area contributed by atoms with E-state index >= 15 is 0 Å². The Labute approximate surface area is 155 Å². The van der Waals surface area contributed by atoms with Crippen molar-refractivity contribution in [2.75, 3.05) is 36.0 Å². The van der Waals surface area contributed by atoms with Gasteiger partial charge < -0.3 is 9.80 Å². The van der Waals surface area contributed by atoms with Gasteiger partial charge in [0.25, 0.3) is 0 Å². The van der Waals surface area contributed by atoms with Crippen LogP contribution in [0.1, 0.15) is 27.7 Å². The minimum atomic E-state index is 1.05. The average Bonchev–Trinajstić information content (AvgIpc) is 2.64. The molecule has 0 fully saturated rings. The van der Waals surface area contributed by atoms with Crippen molar-refractivity contribution in [1.82, 2.24) is 0 Å².